The number of aromatic nitrogens is 1. The minimum absolute atomic E-state index is 0.0526. The number of benzene rings is 2. The second-order valence-electron chi connectivity index (χ2n) is 7.99. The normalized spacial score (nSPS) is 21.7. The van der Waals surface area contributed by atoms with Crippen LogP contribution >= 0.6 is 11.3 Å². The fourth-order valence-electron chi connectivity index (χ4n) is 5.05. The molecule has 2 unspecified atom stereocenters. The van der Waals surface area contributed by atoms with Crippen molar-refractivity contribution in [2.75, 3.05) is 25.6 Å². The largest absolute Gasteiger partial charge is 0.448 e. The maximum absolute atomic E-state index is 13.2. The highest BCUT2D eigenvalue weighted by Crippen LogP contribution is 2.45. The van der Waals surface area contributed by atoms with Crippen LogP contribution in [0.25, 0.3) is 11.1 Å². The summed E-state index contributed by atoms with van der Waals surface area (Å²) < 4.78 is 11.7. The summed E-state index contributed by atoms with van der Waals surface area (Å²) in [6.07, 6.45) is 0.372. The van der Waals surface area contributed by atoms with Crippen LogP contribution in [-0.4, -0.2) is 41.8 Å². The van der Waals surface area contributed by atoms with E-state index in [9.17, 15) is 4.79 Å². The van der Waals surface area contributed by atoms with Gasteiger partial charge in [0.2, 0.25) is 0 Å². The molecular weight excluding hydrogens is 398 g/mol. The highest BCUT2D eigenvalue weighted by molar-refractivity contribution is 7.15. The van der Waals surface area contributed by atoms with Crippen molar-refractivity contribution in [3.05, 3.63) is 70.2 Å². The zero-order valence-corrected chi connectivity index (χ0v) is 17.1. The molecule has 2 bridgehead atoms. The van der Waals surface area contributed by atoms with E-state index in [4.69, 9.17) is 15.2 Å². The monoisotopic (exact) mass is 419 g/mol. The first-order valence-electron chi connectivity index (χ1n) is 10.2. The van der Waals surface area contributed by atoms with Gasteiger partial charge in [-0.15, -0.1) is 0 Å². The van der Waals surface area contributed by atoms with Gasteiger partial charge in [-0.1, -0.05) is 59.9 Å². The summed E-state index contributed by atoms with van der Waals surface area (Å²) in [6.45, 7) is 1.27. The SMILES string of the molecule is Nc1nc2c(s1)C1COCC(C2)N1C(=O)OCC1c2ccccc2-c2ccccc21. The summed E-state index contributed by atoms with van der Waals surface area (Å²) in [5.74, 6) is 0.0526. The van der Waals surface area contributed by atoms with Gasteiger partial charge in [0, 0.05) is 12.3 Å². The van der Waals surface area contributed by atoms with E-state index in [0.29, 0.717) is 31.4 Å². The van der Waals surface area contributed by atoms with Crippen molar-refractivity contribution in [3.63, 3.8) is 0 Å². The molecule has 1 fully saturated rings. The maximum atomic E-state index is 13.2. The molecule has 2 aliphatic heterocycles. The summed E-state index contributed by atoms with van der Waals surface area (Å²) >= 11 is 1.44. The van der Waals surface area contributed by atoms with Crippen LogP contribution in [0.1, 0.15) is 33.7 Å². The summed E-state index contributed by atoms with van der Waals surface area (Å²) in [5.41, 5.74) is 11.8. The molecule has 0 spiro atoms. The van der Waals surface area contributed by atoms with Gasteiger partial charge in [-0.05, 0) is 22.3 Å². The molecule has 30 heavy (non-hydrogen) atoms. The topological polar surface area (TPSA) is 77.7 Å². The second-order valence-corrected chi connectivity index (χ2v) is 9.05. The first-order valence-corrected chi connectivity index (χ1v) is 11.0. The number of fused-ring (bicyclic) bond motifs is 7. The van der Waals surface area contributed by atoms with Crippen molar-refractivity contribution in [1.29, 1.82) is 0 Å². The lowest BCUT2D eigenvalue weighted by Gasteiger charge is -2.44. The predicted octanol–water partition coefficient (Wildman–Crippen LogP) is 3.97. The van der Waals surface area contributed by atoms with Gasteiger partial charge in [-0.25, -0.2) is 9.78 Å². The molecule has 1 saturated heterocycles. The number of nitrogen functional groups attached to an aromatic ring is 1. The van der Waals surface area contributed by atoms with Crippen LogP contribution in [-0.2, 0) is 15.9 Å². The summed E-state index contributed by atoms with van der Waals surface area (Å²) in [7, 11) is 0. The number of carbonyl (C=O) groups is 1. The lowest BCUT2D eigenvalue weighted by molar-refractivity contribution is -0.0516. The molecule has 1 aliphatic carbocycles. The number of carbonyl (C=O) groups excluding carboxylic acids is 1. The quantitative estimate of drug-likeness (QED) is 0.680. The van der Waals surface area contributed by atoms with E-state index in [0.717, 1.165) is 10.6 Å². The standard InChI is InChI=1S/C23H21N3O3S/c24-22-25-19-9-13-10-28-12-20(21(19)30-22)26(13)23(27)29-11-18-16-7-3-1-5-14(16)15-6-2-4-8-17(15)18/h1-8,13,18,20H,9-12H2,(H2,24,25). The molecule has 3 aliphatic rings. The van der Waals surface area contributed by atoms with Crippen LogP contribution in [0.2, 0.25) is 0 Å². The molecule has 2 N–H and O–H groups in total. The average Bonchev–Trinajstić information content (AvgIpc) is 3.29. The van der Waals surface area contributed by atoms with Crippen LogP contribution < -0.4 is 5.73 Å². The Morgan fingerprint density at radius 2 is 1.83 bits per heavy atom. The van der Waals surface area contributed by atoms with Crippen molar-refractivity contribution >= 4 is 22.6 Å². The number of hydrogen-bond donors (Lipinski definition) is 1. The smallest absolute Gasteiger partial charge is 0.410 e. The molecule has 6 rings (SSSR count). The summed E-state index contributed by atoms with van der Waals surface area (Å²) in [4.78, 5) is 20.5. The third kappa shape index (κ3) is 2.66. The minimum atomic E-state index is -0.284. The molecule has 3 aromatic rings. The zero-order chi connectivity index (χ0) is 20.2. The summed E-state index contributed by atoms with van der Waals surface area (Å²) in [5, 5.41) is 0.542. The van der Waals surface area contributed by atoms with Crippen LogP contribution in [0.3, 0.4) is 0 Å². The van der Waals surface area contributed by atoms with E-state index >= 15 is 0 Å². The Labute approximate surface area is 178 Å². The first kappa shape index (κ1) is 17.9. The van der Waals surface area contributed by atoms with Gasteiger partial charge in [0.05, 0.1) is 35.9 Å². The fraction of sp³-hybridized carbons (Fsp3) is 0.304. The number of nitrogens with zero attached hydrogens (tertiary/aromatic N) is 2. The maximum Gasteiger partial charge on any atom is 0.410 e. The van der Waals surface area contributed by atoms with Gasteiger partial charge >= 0.3 is 6.09 Å². The Hall–Kier alpha value is -2.90. The van der Waals surface area contributed by atoms with Crippen molar-refractivity contribution in [3.8, 4) is 11.1 Å². The van der Waals surface area contributed by atoms with Gasteiger partial charge in [-0.2, -0.15) is 0 Å². The zero-order valence-electron chi connectivity index (χ0n) is 16.3. The third-order valence-corrected chi connectivity index (χ3v) is 7.37. The molecule has 0 saturated carbocycles. The Bertz CT molecular complexity index is 1100. The van der Waals surface area contributed by atoms with Gasteiger partial charge in [0.15, 0.2) is 5.13 Å². The van der Waals surface area contributed by atoms with E-state index < -0.39 is 0 Å². The van der Waals surface area contributed by atoms with Gasteiger partial charge in [-0.3, -0.25) is 4.90 Å². The van der Waals surface area contributed by atoms with Crippen molar-refractivity contribution < 1.29 is 14.3 Å². The van der Waals surface area contributed by atoms with Crippen LogP contribution in [0.5, 0.6) is 0 Å². The first-order chi connectivity index (χ1) is 14.7. The molecule has 7 heteroatoms. The number of nitrogens with two attached hydrogens (primary N) is 1. The number of rotatable bonds is 2. The van der Waals surface area contributed by atoms with Gasteiger partial charge in [0.1, 0.15) is 6.61 Å². The second kappa shape index (κ2) is 6.82. The molecule has 2 aromatic carbocycles. The Kier molecular flexibility index (Phi) is 4.07. The average molecular weight is 420 g/mol. The van der Waals surface area contributed by atoms with Gasteiger partial charge < -0.3 is 15.2 Å². The van der Waals surface area contributed by atoms with Crippen molar-refractivity contribution in [2.45, 2.75) is 24.4 Å². The number of ether oxygens (including phenoxy) is 2. The molecule has 152 valence electrons. The number of thiazole rings is 1. The third-order valence-electron chi connectivity index (χ3n) is 6.34. The molecule has 2 atom stereocenters. The number of hydrogen-bond acceptors (Lipinski definition) is 6. The Morgan fingerprint density at radius 1 is 1.13 bits per heavy atom. The van der Waals surface area contributed by atoms with Crippen LogP contribution in [0.15, 0.2) is 48.5 Å². The van der Waals surface area contributed by atoms with Crippen molar-refractivity contribution in [1.82, 2.24) is 9.88 Å². The number of amides is 1. The molecular formula is C23H21N3O3S. The van der Waals surface area contributed by atoms with E-state index in [1.54, 1.807) is 0 Å². The van der Waals surface area contributed by atoms with E-state index in [2.05, 4.69) is 41.4 Å². The highest BCUT2D eigenvalue weighted by atomic mass is 32.1. The lowest BCUT2D eigenvalue weighted by atomic mass is 9.97. The molecule has 6 nitrogen and oxygen atoms in total. The van der Waals surface area contributed by atoms with Crippen molar-refractivity contribution in [2.24, 2.45) is 0 Å². The predicted molar refractivity (Wildman–Crippen MR) is 114 cm³/mol. The molecule has 1 amide bonds. The summed E-state index contributed by atoms with van der Waals surface area (Å²) in [6, 6.07) is 16.5. The highest BCUT2D eigenvalue weighted by Gasteiger charge is 2.44. The van der Waals surface area contributed by atoms with Crippen LogP contribution in [0.4, 0.5) is 9.93 Å². The van der Waals surface area contributed by atoms with Gasteiger partial charge in [0.25, 0.3) is 0 Å². The lowest BCUT2D eigenvalue weighted by Crippen LogP contribution is -2.54. The minimum Gasteiger partial charge on any atom is -0.448 e. The van der Waals surface area contributed by atoms with E-state index in [1.165, 1.54) is 33.6 Å². The van der Waals surface area contributed by atoms with E-state index in [-0.39, 0.29) is 24.1 Å². The number of anilines is 1. The Balaban J connectivity index is 1.26. The molecule has 1 aromatic heterocycles. The fourth-order valence-corrected chi connectivity index (χ4v) is 5.99. The molecule has 0 radical (unpaired) electrons. The molecule has 3 heterocycles. The van der Waals surface area contributed by atoms with E-state index in [1.807, 2.05) is 17.0 Å². The van der Waals surface area contributed by atoms with Crippen LogP contribution in [0, 0.1) is 0 Å². The number of morpholine rings is 1. The Morgan fingerprint density at radius 3 is 2.57 bits per heavy atom.